The predicted octanol–water partition coefficient (Wildman–Crippen LogP) is 5.20. The number of halogens is 2. The Labute approximate surface area is 195 Å². The van der Waals surface area contributed by atoms with Gasteiger partial charge >= 0.3 is 0 Å². The fraction of sp³-hybridized carbons (Fsp3) is 0.231. The van der Waals surface area contributed by atoms with E-state index in [-0.39, 0.29) is 31.0 Å². The maximum atomic E-state index is 14.4. The van der Waals surface area contributed by atoms with Crippen LogP contribution in [0.15, 0.2) is 59.0 Å². The molecule has 0 fully saturated rings. The van der Waals surface area contributed by atoms with Crippen LogP contribution in [0.1, 0.15) is 22.6 Å². The van der Waals surface area contributed by atoms with Gasteiger partial charge in [-0.25, -0.2) is 13.8 Å². The van der Waals surface area contributed by atoms with E-state index >= 15 is 0 Å². The molecule has 0 radical (unpaired) electrons. The van der Waals surface area contributed by atoms with E-state index in [9.17, 15) is 13.6 Å². The number of aromatic nitrogens is 1. The average Bonchev–Trinajstić information content (AvgIpc) is 3.22. The lowest BCUT2D eigenvalue weighted by Crippen LogP contribution is -2.32. The summed E-state index contributed by atoms with van der Waals surface area (Å²) in [5.41, 5.74) is 3.02. The molecule has 4 aromatic rings. The van der Waals surface area contributed by atoms with Crippen LogP contribution in [-0.2, 0) is 24.3 Å². The summed E-state index contributed by atoms with van der Waals surface area (Å²) in [6, 6.07) is 13.9. The molecule has 34 heavy (non-hydrogen) atoms. The van der Waals surface area contributed by atoms with Gasteiger partial charge in [-0.05, 0) is 60.5 Å². The van der Waals surface area contributed by atoms with Crippen molar-refractivity contribution in [2.24, 2.45) is 0 Å². The SMILES string of the molecule is COc1ccc(CC(=O)N(Cc2nc3cc(C)ccc3o2)Cc2cc(F)ccc2F)cc1OC. The molecule has 1 amide bonds. The quantitative estimate of drug-likeness (QED) is 0.357. The van der Waals surface area contributed by atoms with Crippen molar-refractivity contribution in [2.45, 2.75) is 26.4 Å². The van der Waals surface area contributed by atoms with Crippen LogP contribution in [0.4, 0.5) is 8.78 Å². The van der Waals surface area contributed by atoms with Crippen LogP contribution < -0.4 is 9.47 Å². The van der Waals surface area contributed by atoms with Crippen molar-refractivity contribution in [1.29, 1.82) is 0 Å². The number of carbonyl (C=O) groups is 1. The standard InChI is InChI=1S/C26H24F2N2O4/c1-16-4-8-22-21(10-16)29-25(34-22)15-30(14-18-13-19(27)6-7-20(18)28)26(31)12-17-5-9-23(32-2)24(11-17)33-3/h4-11,13H,12,14-15H2,1-3H3. The molecular weight excluding hydrogens is 442 g/mol. The molecule has 6 nitrogen and oxygen atoms in total. The topological polar surface area (TPSA) is 64.8 Å². The number of rotatable bonds is 8. The molecule has 8 heteroatoms. The Bertz CT molecular complexity index is 1340. The minimum absolute atomic E-state index is 0.00416. The van der Waals surface area contributed by atoms with Crippen LogP contribution in [0, 0.1) is 18.6 Å². The molecule has 0 spiro atoms. The minimum Gasteiger partial charge on any atom is -0.493 e. The molecule has 0 N–H and O–H groups in total. The molecule has 4 rings (SSSR count). The van der Waals surface area contributed by atoms with Crippen LogP contribution in [0.25, 0.3) is 11.1 Å². The highest BCUT2D eigenvalue weighted by atomic mass is 19.1. The molecule has 0 aliphatic rings. The summed E-state index contributed by atoms with van der Waals surface area (Å²) >= 11 is 0. The Kier molecular flexibility index (Phi) is 6.77. The van der Waals surface area contributed by atoms with Crippen LogP contribution in [-0.4, -0.2) is 30.0 Å². The van der Waals surface area contributed by atoms with Gasteiger partial charge in [-0.15, -0.1) is 0 Å². The fourth-order valence-electron chi connectivity index (χ4n) is 3.70. The Morgan fingerprint density at radius 2 is 1.76 bits per heavy atom. The molecule has 176 valence electrons. The van der Waals surface area contributed by atoms with Gasteiger partial charge in [0.15, 0.2) is 17.1 Å². The second-order valence-corrected chi connectivity index (χ2v) is 7.93. The molecule has 0 saturated heterocycles. The number of oxazole rings is 1. The molecule has 0 saturated carbocycles. The first kappa shape index (κ1) is 23.2. The molecule has 0 bridgehead atoms. The Morgan fingerprint density at radius 3 is 2.53 bits per heavy atom. The lowest BCUT2D eigenvalue weighted by molar-refractivity contribution is -0.132. The third-order valence-corrected chi connectivity index (χ3v) is 5.44. The van der Waals surface area contributed by atoms with Crippen molar-refractivity contribution >= 4 is 17.0 Å². The first-order chi connectivity index (χ1) is 16.4. The fourth-order valence-corrected chi connectivity index (χ4v) is 3.70. The van der Waals surface area contributed by atoms with E-state index < -0.39 is 11.6 Å². The molecular formula is C26H24F2N2O4. The minimum atomic E-state index is -0.599. The zero-order valence-electron chi connectivity index (χ0n) is 19.1. The van der Waals surface area contributed by atoms with Crippen LogP contribution in [0.5, 0.6) is 11.5 Å². The van der Waals surface area contributed by atoms with Gasteiger partial charge in [0, 0.05) is 12.1 Å². The summed E-state index contributed by atoms with van der Waals surface area (Å²) in [6.07, 6.45) is 0.0105. The van der Waals surface area contributed by atoms with Crippen molar-refractivity contribution in [3.8, 4) is 11.5 Å². The number of hydrogen-bond donors (Lipinski definition) is 0. The Morgan fingerprint density at radius 1 is 0.971 bits per heavy atom. The van der Waals surface area contributed by atoms with E-state index in [2.05, 4.69) is 4.98 Å². The lowest BCUT2D eigenvalue weighted by atomic mass is 10.1. The van der Waals surface area contributed by atoms with Crippen molar-refractivity contribution < 1.29 is 27.5 Å². The third-order valence-electron chi connectivity index (χ3n) is 5.44. The third kappa shape index (κ3) is 5.17. The van der Waals surface area contributed by atoms with E-state index in [4.69, 9.17) is 13.9 Å². The van der Waals surface area contributed by atoms with Crippen molar-refractivity contribution in [2.75, 3.05) is 14.2 Å². The summed E-state index contributed by atoms with van der Waals surface area (Å²) in [4.78, 5) is 19.2. The second-order valence-electron chi connectivity index (χ2n) is 7.93. The van der Waals surface area contributed by atoms with Gasteiger partial charge in [0.05, 0.1) is 27.2 Å². The summed E-state index contributed by atoms with van der Waals surface area (Å²) in [6.45, 7) is 1.79. The summed E-state index contributed by atoms with van der Waals surface area (Å²) < 4.78 is 44.5. The van der Waals surface area contributed by atoms with Gasteiger partial charge in [0.2, 0.25) is 11.8 Å². The number of aryl methyl sites for hydroxylation is 1. The van der Waals surface area contributed by atoms with Gasteiger partial charge < -0.3 is 18.8 Å². The zero-order chi connectivity index (χ0) is 24.2. The number of nitrogens with zero attached hydrogens (tertiary/aromatic N) is 2. The molecule has 0 atom stereocenters. The van der Waals surface area contributed by atoms with Gasteiger partial charge in [0.25, 0.3) is 0 Å². The smallest absolute Gasteiger partial charge is 0.227 e. The van der Waals surface area contributed by atoms with Crippen LogP contribution in [0.2, 0.25) is 0 Å². The van der Waals surface area contributed by atoms with Crippen LogP contribution >= 0.6 is 0 Å². The number of fused-ring (bicyclic) bond motifs is 1. The highest BCUT2D eigenvalue weighted by Gasteiger charge is 2.21. The van der Waals surface area contributed by atoms with E-state index in [1.807, 2.05) is 25.1 Å². The Balaban J connectivity index is 1.63. The zero-order valence-corrected chi connectivity index (χ0v) is 19.1. The monoisotopic (exact) mass is 466 g/mol. The number of hydrogen-bond acceptors (Lipinski definition) is 5. The first-order valence-corrected chi connectivity index (χ1v) is 10.6. The van der Waals surface area contributed by atoms with E-state index in [1.54, 1.807) is 18.2 Å². The number of benzene rings is 3. The van der Waals surface area contributed by atoms with Crippen molar-refractivity contribution in [3.05, 3.63) is 88.8 Å². The maximum absolute atomic E-state index is 14.4. The largest absolute Gasteiger partial charge is 0.493 e. The maximum Gasteiger partial charge on any atom is 0.227 e. The van der Waals surface area contributed by atoms with Gasteiger partial charge in [-0.1, -0.05) is 12.1 Å². The van der Waals surface area contributed by atoms with E-state index in [0.717, 1.165) is 23.8 Å². The predicted molar refractivity (Wildman–Crippen MR) is 123 cm³/mol. The normalized spacial score (nSPS) is 11.0. The number of amides is 1. The summed E-state index contributed by atoms with van der Waals surface area (Å²) in [7, 11) is 3.04. The first-order valence-electron chi connectivity index (χ1n) is 10.6. The van der Waals surface area contributed by atoms with Crippen molar-refractivity contribution in [1.82, 2.24) is 9.88 Å². The average molecular weight is 466 g/mol. The molecule has 0 aliphatic carbocycles. The molecule has 1 aromatic heterocycles. The number of ether oxygens (including phenoxy) is 2. The molecule has 0 unspecified atom stereocenters. The van der Waals surface area contributed by atoms with Crippen LogP contribution in [0.3, 0.4) is 0 Å². The molecule has 3 aromatic carbocycles. The second kappa shape index (κ2) is 9.91. The summed E-state index contributed by atoms with van der Waals surface area (Å²) in [5.74, 6) is -0.157. The van der Waals surface area contributed by atoms with Crippen molar-refractivity contribution in [3.63, 3.8) is 0 Å². The number of carbonyl (C=O) groups excluding carboxylic acids is 1. The van der Waals surface area contributed by atoms with Gasteiger partial charge in [-0.3, -0.25) is 4.79 Å². The summed E-state index contributed by atoms with van der Waals surface area (Å²) in [5, 5.41) is 0. The molecule has 1 heterocycles. The highest BCUT2D eigenvalue weighted by Crippen LogP contribution is 2.28. The Hall–Kier alpha value is -3.94. The van der Waals surface area contributed by atoms with E-state index in [0.29, 0.717) is 34.1 Å². The van der Waals surface area contributed by atoms with Gasteiger partial charge in [-0.2, -0.15) is 0 Å². The lowest BCUT2D eigenvalue weighted by Gasteiger charge is -2.22. The van der Waals surface area contributed by atoms with E-state index in [1.165, 1.54) is 19.1 Å². The highest BCUT2D eigenvalue weighted by molar-refractivity contribution is 5.79. The molecule has 0 aliphatic heterocycles. The van der Waals surface area contributed by atoms with Gasteiger partial charge in [0.1, 0.15) is 17.2 Å². The number of methoxy groups -OCH3 is 2.